The fourth-order valence-electron chi connectivity index (χ4n) is 5.37. The molecule has 0 aliphatic heterocycles. The van der Waals surface area contributed by atoms with E-state index < -0.39 is 52.8 Å². The van der Waals surface area contributed by atoms with Crippen molar-refractivity contribution in [2.24, 2.45) is 17.6 Å². The number of nitrogens with two attached hydrogens (primary N) is 1. The monoisotopic (exact) mass is 473 g/mol. The lowest BCUT2D eigenvalue weighted by Crippen LogP contribution is -2.73. The molecule has 5 atom stereocenters. The van der Waals surface area contributed by atoms with Gasteiger partial charge < -0.3 is 41.5 Å². The SMILES string of the molecule is CN(C)c1ccc(O)c2c(O)c3c(cc12)C[C@H]1C(NCCO)C(=O)C(C(N)=O)C(O)[C@@]1(O)C3=O. The van der Waals surface area contributed by atoms with Gasteiger partial charge in [0, 0.05) is 37.6 Å². The van der Waals surface area contributed by atoms with Crippen LogP contribution in [0.5, 0.6) is 11.5 Å². The summed E-state index contributed by atoms with van der Waals surface area (Å²) >= 11 is 0. The number of fused-ring (bicyclic) bond motifs is 3. The molecular weight excluding hydrogens is 446 g/mol. The van der Waals surface area contributed by atoms with Crippen LogP contribution in [0.2, 0.25) is 0 Å². The predicted molar refractivity (Wildman–Crippen MR) is 121 cm³/mol. The smallest absolute Gasteiger partial charge is 0.230 e. The molecule has 11 heteroatoms. The van der Waals surface area contributed by atoms with E-state index in [1.165, 1.54) is 6.07 Å². The van der Waals surface area contributed by atoms with Crippen LogP contribution in [0.25, 0.3) is 10.8 Å². The number of phenols is 2. The first-order chi connectivity index (χ1) is 16.0. The number of primary amides is 1. The van der Waals surface area contributed by atoms with Crippen molar-refractivity contribution in [2.45, 2.75) is 24.2 Å². The highest BCUT2D eigenvalue weighted by Crippen LogP contribution is 2.50. The quantitative estimate of drug-likeness (QED) is 0.249. The number of nitrogens with zero attached hydrogens (tertiary/aromatic N) is 1. The first-order valence-corrected chi connectivity index (χ1v) is 10.8. The predicted octanol–water partition coefficient (Wildman–Crippen LogP) is -1.60. The number of aromatic hydroxyl groups is 2. The number of anilines is 1. The van der Waals surface area contributed by atoms with Crippen molar-refractivity contribution in [3.05, 3.63) is 29.3 Å². The summed E-state index contributed by atoms with van der Waals surface area (Å²) in [6.07, 6.45) is -2.27. The molecule has 1 fully saturated rings. The molecule has 182 valence electrons. The summed E-state index contributed by atoms with van der Waals surface area (Å²) in [5.74, 6) is -7.06. The molecule has 0 spiro atoms. The number of nitrogens with one attached hydrogen (secondary N) is 1. The van der Waals surface area contributed by atoms with Crippen LogP contribution in [0.1, 0.15) is 15.9 Å². The molecule has 34 heavy (non-hydrogen) atoms. The van der Waals surface area contributed by atoms with E-state index in [0.717, 1.165) is 0 Å². The van der Waals surface area contributed by atoms with Crippen LogP contribution in [-0.4, -0.2) is 88.0 Å². The Morgan fingerprint density at radius 2 is 1.94 bits per heavy atom. The van der Waals surface area contributed by atoms with Gasteiger partial charge in [0.05, 0.1) is 23.6 Å². The molecule has 2 aromatic carbocycles. The molecule has 0 aromatic heterocycles. The van der Waals surface area contributed by atoms with Crippen LogP contribution < -0.4 is 16.0 Å². The Balaban J connectivity index is 1.99. The van der Waals surface area contributed by atoms with E-state index in [-0.39, 0.29) is 36.3 Å². The molecule has 3 unspecified atom stereocenters. The maximum atomic E-state index is 13.7. The third-order valence-electron chi connectivity index (χ3n) is 6.96. The number of ketones is 2. The minimum atomic E-state index is -2.63. The van der Waals surface area contributed by atoms with Crippen molar-refractivity contribution in [3.63, 3.8) is 0 Å². The highest BCUT2D eigenvalue weighted by Gasteiger charge is 2.65. The number of Topliss-reactive ketones (excluding diaryl/α,β-unsaturated/α-hetero) is 2. The minimum Gasteiger partial charge on any atom is -0.507 e. The second kappa shape index (κ2) is 8.20. The summed E-state index contributed by atoms with van der Waals surface area (Å²) in [4.78, 5) is 40.5. The first kappa shape index (κ1) is 23.9. The number of phenolic OH excluding ortho intramolecular Hbond substituents is 2. The van der Waals surface area contributed by atoms with Crippen molar-refractivity contribution < 1.29 is 39.9 Å². The highest BCUT2D eigenvalue weighted by molar-refractivity contribution is 6.16. The summed E-state index contributed by atoms with van der Waals surface area (Å²) in [7, 11) is 3.53. The summed E-state index contributed by atoms with van der Waals surface area (Å²) in [6, 6.07) is 3.32. The van der Waals surface area contributed by atoms with Crippen LogP contribution in [0.3, 0.4) is 0 Å². The molecule has 0 saturated heterocycles. The number of aliphatic hydroxyl groups excluding tert-OH is 2. The molecule has 8 N–H and O–H groups in total. The largest absolute Gasteiger partial charge is 0.507 e. The topological polar surface area (TPSA) is 194 Å². The van der Waals surface area contributed by atoms with Crippen LogP contribution in [-0.2, 0) is 16.0 Å². The molecule has 2 aliphatic rings. The molecule has 0 bridgehead atoms. The van der Waals surface area contributed by atoms with Gasteiger partial charge in [-0.2, -0.15) is 0 Å². The second-order valence-corrected chi connectivity index (χ2v) is 9.03. The van der Waals surface area contributed by atoms with Gasteiger partial charge in [-0.15, -0.1) is 0 Å². The van der Waals surface area contributed by atoms with E-state index in [1.54, 1.807) is 31.1 Å². The number of hydrogen-bond donors (Lipinski definition) is 7. The third-order valence-corrected chi connectivity index (χ3v) is 6.96. The van der Waals surface area contributed by atoms with E-state index in [9.17, 15) is 39.9 Å². The Hall–Kier alpha value is -3.25. The van der Waals surface area contributed by atoms with Crippen molar-refractivity contribution in [1.82, 2.24) is 5.32 Å². The number of carbonyl (C=O) groups is 3. The first-order valence-electron chi connectivity index (χ1n) is 10.8. The number of hydrogen-bond acceptors (Lipinski definition) is 10. The summed E-state index contributed by atoms with van der Waals surface area (Å²) in [5, 5.41) is 56.4. The number of carbonyl (C=O) groups excluding carboxylic acids is 3. The zero-order valence-corrected chi connectivity index (χ0v) is 18.6. The third kappa shape index (κ3) is 3.16. The highest BCUT2D eigenvalue weighted by atomic mass is 16.4. The summed E-state index contributed by atoms with van der Waals surface area (Å²) in [6.45, 7) is -0.437. The van der Waals surface area contributed by atoms with Crippen LogP contribution in [0.4, 0.5) is 5.69 Å². The van der Waals surface area contributed by atoms with Crippen LogP contribution >= 0.6 is 0 Å². The molecule has 4 rings (SSSR count). The molecule has 2 aromatic rings. The molecular formula is C23H27N3O8. The lowest BCUT2D eigenvalue weighted by Gasteiger charge is -2.50. The molecule has 2 aliphatic carbocycles. The Morgan fingerprint density at radius 1 is 1.26 bits per heavy atom. The Bertz CT molecular complexity index is 1210. The van der Waals surface area contributed by atoms with E-state index >= 15 is 0 Å². The van der Waals surface area contributed by atoms with E-state index in [1.807, 2.05) is 0 Å². The number of amides is 1. The summed E-state index contributed by atoms with van der Waals surface area (Å²) < 4.78 is 0. The zero-order chi connectivity index (χ0) is 25.1. The Labute approximate surface area is 194 Å². The molecule has 11 nitrogen and oxygen atoms in total. The van der Waals surface area contributed by atoms with Gasteiger partial charge in [-0.05, 0) is 30.2 Å². The summed E-state index contributed by atoms with van der Waals surface area (Å²) in [5.41, 5.74) is 3.32. The fourth-order valence-corrected chi connectivity index (χ4v) is 5.37. The zero-order valence-electron chi connectivity index (χ0n) is 18.6. The molecule has 1 amide bonds. The van der Waals surface area contributed by atoms with Gasteiger partial charge in [-0.3, -0.25) is 14.4 Å². The van der Waals surface area contributed by atoms with Crippen LogP contribution in [0.15, 0.2) is 18.2 Å². The van der Waals surface area contributed by atoms with E-state index in [4.69, 9.17) is 5.73 Å². The second-order valence-electron chi connectivity index (χ2n) is 9.03. The maximum Gasteiger partial charge on any atom is 0.230 e. The van der Waals surface area contributed by atoms with Crippen molar-refractivity contribution in [2.75, 3.05) is 32.1 Å². The fraction of sp³-hybridized carbons (Fsp3) is 0.435. The normalized spacial score (nSPS) is 28.5. The minimum absolute atomic E-state index is 0.0110. The van der Waals surface area contributed by atoms with Crippen molar-refractivity contribution in [1.29, 1.82) is 0 Å². The lowest BCUT2D eigenvalue weighted by atomic mass is 9.57. The van der Waals surface area contributed by atoms with Gasteiger partial charge in [0.2, 0.25) is 11.7 Å². The number of benzene rings is 2. The van der Waals surface area contributed by atoms with Crippen LogP contribution in [0, 0.1) is 11.8 Å². The van der Waals surface area contributed by atoms with Gasteiger partial charge >= 0.3 is 0 Å². The van der Waals surface area contributed by atoms with E-state index in [0.29, 0.717) is 16.6 Å². The maximum absolute atomic E-state index is 13.7. The van der Waals surface area contributed by atoms with E-state index in [2.05, 4.69) is 5.32 Å². The van der Waals surface area contributed by atoms with Gasteiger partial charge in [-0.1, -0.05) is 0 Å². The molecule has 0 heterocycles. The Morgan fingerprint density at radius 3 is 2.53 bits per heavy atom. The Kier molecular flexibility index (Phi) is 5.76. The van der Waals surface area contributed by atoms with Gasteiger partial charge in [0.15, 0.2) is 11.4 Å². The molecule has 0 radical (unpaired) electrons. The van der Waals surface area contributed by atoms with Gasteiger partial charge in [0.25, 0.3) is 0 Å². The number of rotatable bonds is 5. The average Bonchev–Trinajstić information content (AvgIpc) is 2.75. The molecule has 1 saturated carbocycles. The average molecular weight is 473 g/mol. The van der Waals surface area contributed by atoms with Gasteiger partial charge in [0.1, 0.15) is 23.5 Å². The van der Waals surface area contributed by atoms with Crippen molar-refractivity contribution in [3.8, 4) is 11.5 Å². The lowest BCUT2D eigenvalue weighted by molar-refractivity contribution is -0.168. The van der Waals surface area contributed by atoms with Crippen molar-refractivity contribution >= 4 is 33.9 Å². The standard InChI is InChI=1S/C23H27N3O8/c1-26(2)12-3-4-13(28)15-10(12)7-9-8-11-17(25-5-6-27)19(30)16(22(24)33)21(32)23(11,34)20(31)14(9)18(15)29/h3-4,7,11,16-17,21,25,27-29,32,34H,5-6,8H2,1-2H3,(H2,24,33)/t11-,16?,17?,21?,23-/m0/s1. The number of aliphatic hydroxyl groups is 3. The van der Waals surface area contributed by atoms with Gasteiger partial charge in [-0.25, -0.2) is 0 Å².